The lowest BCUT2D eigenvalue weighted by Gasteiger charge is -2.23. The maximum Gasteiger partial charge on any atom is 0.510 e. The van der Waals surface area contributed by atoms with Crippen molar-refractivity contribution in [3.05, 3.63) is 35.9 Å². The first-order valence-electron chi connectivity index (χ1n) is 7.44. The van der Waals surface area contributed by atoms with E-state index >= 15 is 0 Å². The van der Waals surface area contributed by atoms with Crippen molar-refractivity contribution in [1.82, 2.24) is 5.32 Å². The molecule has 2 aliphatic rings. The smallest absolute Gasteiger partial charge is 0.429 e. The lowest BCUT2D eigenvalue weighted by Crippen LogP contribution is -2.35. The van der Waals surface area contributed by atoms with Crippen molar-refractivity contribution in [1.29, 1.82) is 0 Å². The summed E-state index contributed by atoms with van der Waals surface area (Å²) in [6.45, 7) is 0.263. The van der Waals surface area contributed by atoms with E-state index < -0.39 is 6.16 Å². The first-order valence-corrected chi connectivity index (χ1v) is 7.44. The minimum atomic E-state index is -0.579. The van der Waals surface area contributed by atoms with Gasteiger partial charge in [-0.3, -0.25) is 5.32 Å². The highest BCUT2D eigenvalue weighted by Crippen LogP contribution is 2.33. The molecule has 4 nitrogen and oxygen atoms in total. The molecule has 0 aromatic heterocycles. The van der Waals surface area contributed by atoms with Crippen molar-refractivity contribution in [2.24, 2.45) is 5.92 Å². The molecule has 3 atom stereocenters. The van der Waals surface area contributed by atoms with E-state index in [9.17, 15) is 4.79 Å². The minimum Gasteiger partial charge on any atom is -0.429 e. The van der Waals surface area contributed by atoms with Gasteiger partial charge in [0.1, 0.15) is 6.61 Å². The van der Waals surface area contributed by atoms with Gasteiger partial charge >= 0.3 is 6.16 Å². The van der Waals surface area contributed by atoms with Crippen LogP contribution < -0.4 is 5.32 Å². The number of hydrogen-bond acceptors (Lipinski definition) is 4. The Morgan fingerprint density at radius 2 is 1.95 bits per heavy atom. The molecule has 0 amide bonds. The lowest BCUT2D eigenvalue weighted by atomic mass is 9.85. The van der Waals surface area contributed by atoms with Crippen LogP contribution in [0.25, 0.3) is 0 Å². The van der Waals surface area contributed by atoms with Gasteiger partial charge in [0.2, 0.25) is 0 Å². The van der Waals surface area contributed by atoms with Gasteiger partial charge in [0.05, 0.1) is 0 Å². The molecule has 2 fully saturated rings. The fourth-order valence-corrected chi connectivity index (χ4v) is 3.24. The Bertz CT molecular complexity index is 440. The molecular formula is C16H22ClNO3. The van der Waals surface area contributed by atoms with Crippen LogP contribution in [0.4, 0.5) is 4.79 Å². The summed E-state index contributed by atoms with van der Waals surface area (Å²) in [5.41, 5.74) is 0.970. The van der Waals surface area contributed by atoms with Gasteiger partial charge in [0.25, 0.3) is 0 Å². The van der Waals surface area contributed by atoms with Crippen LogP contribution in [0.1, 0.15) is 37.7 Å². The van der Waals surface area contributed by atoms with Crippen LogP contribution in [-0.2, 0) is 16.1 Å². The molecule has 0 bridgehead atoms. The number of benzene rings is 1. The summed E-state index contributed by atoms with van der Waals surface area (Å²) in [6, 6.07) is 10.2. The van der Waals surface area contributed by atoms with E-state index in [4.69, 9.17) is 9.47 Å². The van der Waals surface area contributed by atoms with Crippen LogP contribution in [0.15, 0.2) is 30.3 Å². The molecule has 116 valence electrons. The number of hydrogen-bond donors (Lipinski definition) is 1. The normalized spacial score (nSPS) is 27.3. The third-order valence-electron chi connectivity index (χ3n) is 4.26. The molecule has 0 radical (unpaired) electrons. The molecule has 21 heavy (non-hydrogen) atoms. The summed E-state index contributed by atoms with van der Waals surface area (Å²) in [5, 5.41) is 3.40. The van der Waals surface area contributed by atoms with Crippen molar-refractivity contribution in [2.75, 3.05) is 0 Å². The first-order chi connectivity index (χ1) is 9.81. The topological polar surface area (TPSA) is 47.6 Å². The number of rotatable bonds is 3. The standard InChI is InChI=1S/C16H21NO3.ClH/c18-16(19-11-12-6-2-1-3-7-12)20-15-10-13-8-4-5-9-14(13)17-15;/h1-3,6-7,13-15,17H,4-5,8-11H2;1H/t13-,14-,15-;/m0./s1. The Labute approximate surface area is 131 Å². The zero-order chi connectivity index (χ0) is 13.8. The second-order valence-corrected chi connectivity index (χ2v) is 5.68. The Balaban J connectivity index is 0.00000161. The summed E-state index contributed by atoms with van der Waals surface area (Å²) >= 11 is 0. The molecule has 1 saturated carbocycles. The van der Waals surface area contributed by atoms with Crippen LogP contribution in [0.2, 0.25) is 0 Å². The van der Waals surface area contributed by atoms with Crippen LogP contribution in [0.3, 0.4) is 0 Å². The van der Waals surface area contributed by atoms with Gasteiger partial charge in [-0.1, -0.05) is 43.2 Å². The van der Waals surface area contributed by atoms with Crippen LogP contribution in [0.5, 0.6) is 0 Å². The van der Waals surface area contributed by atoms with E-state index in [1.807, 2.05) is 30.3 Å². The fourth-order valence-electron chi connectivity index (χ4n) is 3.24. The van der Waals surface area contributed by atoms with Crippen LogP contribution in [-0.4, -0.2) is 18.4 Å². The molecule has 1 aliphatic carbocycles. The number of halogens is 1. The number of ether oxygens (including phenoxy) is 2. The largest absolute Gasteiger partial charge is 0.510 e. The molecule has 1 heterocycles. The molecule has 5 heteroatoms. The molecular weight excluding hydrogens is 290 g/mol. The number of carbonyl (C=O) groups excluding carboxylic acids is 1. The molecule has 0 unspecified atom stereocenters. The lowest BCUT2D eigenvalue weighted by molar-refractivity contribution is 0.0123. The third-order valence-corrected chi connectivity index (χ3v) is 4.26. The predicted octanol–water partition coefficient (Wildman–Crippen LogP) is 3.64. The number of fused-ring (bicyclic) bond motifs is 1. The molecule has 1 aliphatic heterocycles. The highest BCUT2D eigenvalue weighted by Gasteiger charge is 2.37. The van der Waals surface area contributed by atoms with Gasteiger partial charge in [-0.2, -0.15) is 0 Å². The third kappa shape index (κ3) is 4.35. The van der Waals surface area contributed by atoms with E-state index in [0.717, 1.165) is 12.0 Å². The summed E-state index contributed by atoms with van der Waals surface area (Å²) < 4.78 is 10.5. The van der Waals surface area contributed by atoms with Gasteiger partial charge in [-0.25, -0.2) is 4.79 Å². The van der Waals surface area contributed by atoms with Crippen LogP contribution in [0, 0.1) is 5.92 Å². The maximum atomic E-state index is 11.7. The summed E-state index contributed by atoms with van der Waals surface area (Å²) in [4.78, 5) is 11.7. The highest BCUT2D eigenvalue weighted by molar-refractivity contribution is 5.85. The second-order valence-electron chi connectivity index (χ2n) is 5.68. The molecule has 1 saturated heterocycles. The van der Waals surface area contributed by atoms with E-state index in [2.05, 4.69) is 5.32 Å². The average molecular weight is 312 g/mol. The SMILES string of the molecule is Cl.O=C(OCc1ccccc1)O[C@H]1C[C@@H]2CCCC[C@@H]2N1. The Morgan fingerprint density at radius 3 is 2.71 bits per heavy atom. The molecule has 1 aromatic carbocycles. The van der Waals surface area contributed by atoms with E-state index in [1.54, 1.807) is 0 Å². The molecule has 3 rings (SSSR count). The van der Waals surface area contributed by atoms with Gasteiger partial charge in [0, 0.05) is 12.5 Å². The molecule has 1 N–H and O–H groups in total. The Morgan fingerprint density at radius 1 is 1.19 bits per heavy atom. The van der Waals surface area contributed by atoms with E-state index in [1.165, 1.54) is 25.7 Å². The van der Waals surface area contributed by atoms with Gasteiger partial charge in [0.15, 0.2) is 6.23 Å². The van der Waals surface area contributed by atoms with Crippen molar-refractivity contribution in [3.8, 4) is 0 Å². The first kappa shape index (κ1) is 16.1. The fraction of sp³-hybridized carbons (Fsp3) is 0.562. The minimum absolute atomic E-state index is 0. The maximum absolute atomic E-state index is 11.7. The van der Waals surface area contributed by atoms with Gasteiger partial charge in [-0.15, -0.1) is 12.4 Å². The zero-order valence-electron chi connectivity index (χ0n) is 12.0. The zero-order valence-corrected chi connectivity index (χ0v) is 12.8. The van der Waals surface area contributed by atoms with Gasteiger partial charge in [-0.05, 0) is 24.3 Å². The van der Waals surface area contributed by atoms with Crippen molar-refractivity contribution < 1.29 is 14.3 Å². The van der Waals surface area contributed by atoms with Crippen molar-refractivity contribution in [3.63, 3.8) is 0 Å². The van der Waals surface area contributed by atoms with Crippen molar-refractivity contribution in [2.45, 2.75) is 51.0 Å². The summed E-state index contributed by atoms with van der Waals surface area (Å²) in [5.74, 6) is 0.663. The predicted molar refractivity (Wildman–Crippen MR) is 82.2 cm³/mol. The number of carbonyl (C=O) groups is 1. The van der Waals surface area contributed by atoms with E-state index in [-0.39, 0.29) is 25.2 Å². The summed E-state index contributed by atoms with van der Waals surface area (Å²) in [7, 11) is 0. The molecule has 0 spiro atoms. The average Bonchev–Trinajstić information content (AvgIpc) is 2.88. The highest BCUT2D eigenvalue weighted by atomic mass is 35.5. The molecule has 1 aromatic rings. The van der Waals surface area contributed by atoms with Crippen molar-refractivity contribution >= 4 is 18.6 Å². The summed E-state index contributed by atoms with van der Waals surface area (Å²) in [6.07, 6.45) is 5.19. The van der Waals surface area contributed by atoms with E-state index in [0.29, 0.717) is 12.0 Å². The number of nitrogens with one attached hydrogen (secondary N) is 1. The van der Waals surface area contributed by atoms with Gasteiger partial charge < -0.3 is 9.47 Å². The second kappa shape index (κ2) is 7.66. The Kier molecular flexibility index (Phi) is 5.88. The Hall–Kier alpha value is -1.26. The monoisotopic (exact) mass is 311 g/mol. The quantitative estimate of drug-likeness (QED) is 0.866. The van der Waals surface area contributed by atoms with Crippen LogP contribution >= 0.6 is 12.4 Å².